The molecule has 1 heterocycles. The van der Waals surface area contributed by atoms with Crippen LogP contribution in [0.5, 0.6) is 0 Å². The Morgan fingerprint density at radius 3 is 2.25 bits per heavy atom. The Hall–Kier alpha value is -1.39. The first kappa shape index (κ1) is 20.7. The summed E-state index contributed by atoms with van der Waals surface area (Å²) < 4.78 is 5.35. The molecule has 1 aliphatic heterocycles. The Bertz CT molecular complexity index is 465. The summed E-state index contributed by atoms with van der Waals surface area (Å²) in [4.78, 5) is 15.9. The summed E-state index contributed by atoms with van der Waals surface area (Å²) in [5, 5.41) is 0. The van der Waals surface area contributed by atoms with Gasteiger partial charge >= 0.3 is 0 Å². The maximum absolute atomic E-state index is 11.7. The largest absolute Gasteiger partial charge is 0.361 e. The summed E-state index contributed by atoms with van der Waals surface area (Å²) in [6.45, 7) is 10.7. The maximum atomic E-state index is 11.7. The van der Waals surface area contributed by atoms with Gasteiger partial charge in [0.25, 0.3) is 0 Å². The van der Waals surface area contributed by atoms with Gasteiger partial charge in [0.05, 0.1) is 13.0 Å². The van der Waals surface area contributed by atoms with Crippen molar-refractivity contribution in [3.8, 4) is 0 Å². The summed E-state index contributed by atoms with van der Waals surface area (Å²) in [6, 6.07) is 9.25. The molecule has 0 radical (unpaired) electrons. The van der Waals surface area contributed by atoms with Crippen molar-refractivity contribution in [2.75, 3.05) is 33.5 Å². The number of hydrogen-bond donors (Lipinski definition) is 0. The van der Waals surface area contributed by atoms with E-state index in [9.17, 15) is 4.79 Å². The smallest absolute Gasteiger partial charge is 0.226 e. The average molecular weight is 335 g/mol. The maximum Gasteiger partial charge on any atom is 0.226 e. The van der Waals surface area contributed by atoms with E-state index in [1.165, 1.54) is 11.1 Å². The number of carbonyl (C=O) groups is 1. The van der Waals surface area contributed by atoms with Gasteiger partial charge in [-0.25, -0.2) is 0 Å². The van der Waals surface area contributed by atoms with Crippen LogP contribution >= 0.6 is 0 Å². The summed E-state index contributed by atoms with van der Waals surface area (Å²) in [5.41, 5.74) is 2.95. The minimum Gasteiger partial charge on any atom is -0.361 e. The van der Waals surface area contributed by atoms with Gasteiger partial charge in [-0.2, -0.15) is 0 Å². The molecule has 0 unspecified atom stereocenters. The van der Waals surface area contributed by atoms with Crippen LogP contribution in [0.1, 0.15) is 45.2 Å². The second kappa shape index (κ2) is 11.2. The Morgan fingerprint density at radius 2 is 1.71 bits per heavy atom. The molecule has 1 amide bonds. The number of benzene rings is 1. The topological polar surface area (TPSA) is 32.8 Å². The molecular weight excluding hydrogens is 300 g/mol. The normalized spacial score (nSPS) is 16.9. The van der Waals surface area contributed by atoms with E-state index in [2.05, 4.69) is 36.2 Å². The fourth-order valence-corrected chi connectivity index (χ4v) is 3.06. The standard InChI is InChI=1S/C16H22N2O2.2C2H6/c1-17(7-8-18-12-20-9-6-16(18)19)15-10-13-4-2-3-5-14(13)11-15;2*1-2/h2-5,15H,6-12H2,1H3;2*1-2H3. The molecule has 0 atom stereocenters. The van der Waals surface area contributed by atoms with Crippen LogP contribution in [-0.2, 0) is 22.4 Å². The fraction of sp³-hybridized carbons (Fsp3) is 0.650. The first-order valence-electron chi connectivity index (χ1n) is 9.36. The Balaban J connectivity index is 0.000000671. The van der Waals surface area contributed by atoms with Crippen LogP contribution in [0.15, 0.2) is 24.3 Å². The minimum absolute atomic E-state index is 0.222. The van der Waals surface area contributed by atoms with Crippen LogP contribution in [0.3, 0.4) is 0 Å². The molecule has 0 bridgehead atoms. The molecule has 1 aromatic rings. The number of carbonyl (C=O) groups excluding carboxylic acids is 1. The molecule has 2 aliphatic rings. The molecule has 1 aliphatic carbocycles. The third kappa shape index (κ3) is 5.60. The van der Waals surface area contributed by atoms with Gasteiger partial charge in [0.15, 0.2) is 0 Å². The van der Waals surface area contributed by atoms with E-state index >= 15 is 0 Å². The van der Waals surface area contributed by atoms with E-state index in [1.54, 1.807) is 0 Å². The molecule has 1 aromatic carbocycles. The molecule has 0 saturated carbocycles. The predicted octanol–water partition coefficient (Wildman–Crippen LogP) is 3.34. The van der Waals surface area contributed by atoms with E-state index in [1.807, 2.05) is 32.6 Å². The van der Waals surface area contributed by atoms with Gasteiger partial charge in [-0.15, -0.1) is 0 Å². The predicted molar refractivity (Wildman–Crippen MR) is 100 cm³/mol. The zero-order chi connectivity index (χ0) is 17.9. The first-order chi connectivity index (χ1) is 11.7. The molecule has 3 rings (SSSR count). The third-order valence-corrected chi connectivity index (χ3v) is 4.44. The quantitative estimate of drug-likeness (QED) is 0.846. The SMILES string of the molecule is CC.CC.CN(CCN1COCCC1=O)C1Cc2ccccc2C1. The fourth-order valence-electron chi connectivity index (χ4n) is 3.06. The lowest BCUT2D eigenvalue weighted by Gasteiger charge is -2.30. The number of nitrogens with zero attached hydrogens (tertiary/aromatic N) is 2. The van der Waals surface area contributed by atoms with Crippen molar-refractivity contribution < 1.29 is 9.53 Å². The van der Waals surface area contributed by atoms with Crippen molar-refractivity contribution in [3.63, 3.8) is 0 Å². The van der Waals surface area contributed by atoms with Gasteiger partial charge in [0.1, 0.15) is 6.73 Å². The van der Waals surface area contributed by atoms with E-state index < -0.39 is 0 Å². The lowest BCUT2D eigenvalue weighted by Crippen LogP contribution is -2.44. The van der Waals surface area contributed by atoms with Crippen molar-refractivity contribution in [1.29, 1.82) is 0 Å². The van der Waals surface area contributed by atoms with Gasteiger partial charge in [-0.05, 0) is 31.0 Å². The Labute approximate surface area is 147 Å². The van der Waals surface area contributed by atoms with Gasteiger partial charge in [0, 0.05) is 19.1 Å². The average Bonchev–Trinajstić information content (AvgIpc) is 3.08. The minimum atomic E-state index is 0.222. The second-order valence-corrected chi connectivity index (χ2v) is 5.76. The molecule has 24 heavy (non-hydrogen) atoms. The van der Waals surface area contributed by atoms with Gasteiger partial charge < -0.3 is 14.5 Å². The summed E-state index contributed by atoms with van der Waals surface area (Å²) in [7, 11) is 2.16. The highest BCUT2D eigenvalue weighted by Crippen LogP contribution is 2.24. The molecule has 136 valence electrons. The summed E-state index contributed by atoms with van der Waals surface area (Å²) >= 11 is 0. The zero-order valence-electron chi connectivity index (χ0n) is 16.0. The second-order valence-electron chi connectivity index (χ2n) is 5.76. The van der Waals surface area contributed by atoms with Crippen molar-refractivity contribution >= 4 is 5.91 Å². The Kier molecular flexibility index (Phi) is 9.65. The van der Waals surface area contributed by atoms with Gasteiger partial charge in [-0.3, -0.25) is 4.79 Å². The van der Waals surface area contributed by atoms with Crippen molar-refractivity contribution in [2.45, 2.75) is 53.0 Å². The lowest BCUT2D eigenvalue weighted by atomic mass is 10.1. The third-order valence-electron chi connectivity index (χ3n) is 4.44. The number of hydrogen-bond acceptors (Lipinski definition) is 3. The van der Waals surface area contributed by atoms with Gasteiger partial charge in [0.2, 0.25) is 5.91 Å². The molecular formula is C20H34N2O2. The summed E-state index contributed by atoms with van der Waals surface area (Å²) in [5.74, 6) is 0.222. The number of rotatable bonds is 4. The molecule has 1 saturated heterocycles. The number of likely N-dealkylation sites (N-methyl/N-ethyl adjacent to an activating group) is 1. The van der Waals surface area contributed by atoms with Crippen molar-refractivity contribution in [2.24, 2.45) is 0 Å². The molecule has 0 aromatic heterocycles. The highest BCUT2D eigenvalue weighted by molar-refractivity contribution is 5.76. The first-order valence-corrected chi connectivity index (χ1v) is 9.36. The highest BCUT2D eigenvalue weighted by atomic mass is 16.5. The van der Waals surface area contributed by atoms with Crippen LogP contribution in [0, 0.1) is 0 Å². The van der Waals surface area contributed by atoms with Crippen LogP contribution in [0.4, 0.5) is 0 Å². The molecule has 1 fully saturated rings. The zero-order valence-corrected chi connectivity index (χ0v) is 16.0. The van der Waals surface area contributed by atoms with Gasteiger partial charge in [-0.1, -0.05) is 52.0 Å². The van der Waals surface area contributed by atoms with Crippen LogP contribution in [0.25, 0.3) is 0 Å². The van der Waals surface area contributed by atoms with E-state index in [-0.39, 0.29) is 5.91 Å². The summed E-state index contributed by atoms with van der Waals surface area (Å²) in [6.07, 6.45) is 2.77. The monoisotopic (exact) mass is 334 g/mol. The lowest BCUT2D eigenvalue weighted by molar-refractivity contribution is -0.145. The van der Waals surface area contributed by atoms with Crippen LogP contribution in [0.2, 0.25) is 0 Å². The Morgan fingerprint density at radius 1 is 1.12 bits per heavy atom. The van der Waals surface area contributed by atoms with E-state index in [0.29, 0.717) is 25.8 Å². The van der Waals surface area contributed by atoms with Crippen LogP contribution < -0.4 is 0 Å². The van der Waals surface area contributed by atoms with E-state index in [4.69, 9.17) is 4.74 Å². The van der Waals surface area contributed by atoms with Crippen molar-refractivity contribution in [3.05, 3.63) is 35.4 Å². The highest BCUT2D eigenvalue weighted by Gasteiger charge is 2.25. The molecule has 0 N–H and O–H groups in total. The van der Waals surface area contributed by atoms with Crippen LogP contribution in [-0.4, -0.2) is 55.2 Å². The molecule has 0 spiro atoms. The van der Waals surface area contributed by atoms with E-state index in [0.717, 1.165) is 25.9 Å². The number of amides is 1. The van der Waals surface area contributed by atoms with Crippen molar-refractivity contribution in [1.82, 2.24) is 9.80 Å². The number of fused-ring (bicyclic) bond motifs is 1. The molecule has 4 nitrogen and oxygen atoms in total. The number of ether oxygens (including phenoxy) is 1. The molecule has 4 heteroatoms.